The van der Waals surface area contributed by atoms with Crippen molar-refractivity contribution in [1.82, 2.24) is 10.3 Å². The van der Waals surface area contributed by atoms with Crippen LogP contribution in [0, 0.1) is 12.7 Å². The van der Waals surface area contributed by atoms with Crippen molar-refractivity contribution in [2.75, 3.05) is 6.54 Å². The highest BCUT2D eigenvalue weighted by Crippen LogP contribution is 2.22. The second-order valence-corrected chi connectivity index (χ2v) is 4.34. The molecule has 0 saturated carbocycles. The van der Waals surface area contributed by atoms with Gasteiger partial charge in [-0.15, -0.1) is 0 Å². The van der Waals surface area contributed by atoms with Gasteiger partial charge in [-0.05, 0) is 30.7 Å². The zero-order chi connectivity index (χ0) is 13.0. The molecule has 1 heterocycles. The minimum absolute atomic E-state index is 0.0150. The first-order valence-electron chi connectivity index (χ1n) is 6.11. The van der Waals surface area contributed by atoms with E-state index in [1.165, 1.54) is 17.8 Å². The van der Waals surface area contributed by atoms with E-state index in [0.29, 0.717) is 0 Å². The fourth-order valence-electron chi connectivity index (χ4n) is 1.98. The van der Waals surface area contributed by atoms with Crippen LogP contribution in [0.25, 0.3) is 0 Å². The van der Waals surface area contributed by atoms with E-state index in [2.05, 4.69) is 41.5 Å². The number of aryl methyl sites for hydroxylation is 1. The summed E-state index contributed by atoms with van der Waals surface area (Å²) in [5.74, 6) is -0.303. The highest BCUT2D eigenvalue weighted by molar-refractivity contribution is 5.32. The van der Waals surface area contributed by atoms with Gasteiger partial charge in [-0.1, -0.05) is 36.8 Å². The van der Waals surface area contributed by atoms with Gasteiger partial charge in [-0.3, -0.25) is 4.98 Å². The van der Waals surface area contributed by atoms with Crippen molar-refractivity contribution in [2.45, 2.75) is 19.9 Å². The third kappa shape index (κ3) is 2.93. The molecule has 0 spiro atoms. The number of pyridine rings is 1. The van der Waals surface area contributed by atoms with Gasteiger partial charge < -0.3 is 5.32 Å². The fraction of sp³-hybridized carbons (Fsp3) is 0.267. The van der Waals surface area contributed by atoms with Crippen molar-refractivity contribution in [3.8, 4) is 0 Å². The van der Waals surface area contributed by atoms with E-state index in [0.717, 1.165) is 17.7 Å². The Morgan fingerprint density at radius 2 is 1.89 bits per heavy atom. The van der Waals surface area contributed by atoms with Crippen LogP contribution in [0.4, 0.5) is 4.39 Å². The normalized spacial score (nSPS) is 12.4. The molecule has 94 valence electrons. The number of rotatable bonds is 4. The van der Waals surface area contributed by atoms with Crippen LogP contribution in [0.15, 0.2) is 42.7 Å². The molecule has 0 saturated heterocycles. The van der Waals surface area contributed by atoms with Gasteiger partial charge in [0.2, 0.25) is 0 Å². The molecular formula is C15H17FN2. The predicted octanol–water partition coefficient (Wildman–Crippen LogP) is 3.23. The number of nitrogens with zero attached hydrogens (tertiary/aromatic N) is 1. The van der Waals surface area contributed by atoms with E-state index in [4.69, 9.17) is 0 Å². The van der Waals surface area contributed by atoms with Gasteiger partial charge in [0.05, 0.1) is 12.2 Å². The van der Waals surface area contributed by atoms with Crippen molar-refractivity contribution < 1.29 is 4.39 Å². The molecule has 3 heteroatoms. The summed E-state index contributed by atoms with van der Waals surface area (Å²) in [5, 5.41) is 3.36. The fourth-order valence-corrected chi connectivity index (χ4v) is 1.98. The van der Waals surface area contributed by atoms with Gasteiger partial charge in [-0.25, -0.2) is 4.39 Å². The molecule has 1 aromatic heterocycles. The summed E-state index contributed by atoms with van der Waals surface area (Å²) in [6.45, 7) is 4.90. The SMILES string of the molecule is CCNC(c1ccc(C)cc1)c1cncc(F)c1. The van der Waals surface area contributed by atoms with Crippen LogP contribution >= 0.6 is 0 Å². The Balaban J connectivity index is 2.36. The van der Waals surface area contributed by atoms with Crippen LogP contribution in [0.3, 0.4) is 0 Å². The molecule has 1 aromatic carbocycles. The Morgan fingerprint density at radius 3 is 2.50 bits per heavy atom. The van der Waals surface area contributed by atoms with E-state index in [9.17, 15) is 4.39 Å². The third-order valence-corrected chi connectivity index (χ3v) is 2.88. The smallest absolute Gasteiger partial charge is 0.141 e. The van der Waals surface area contributed by atoms with Crippen LogP contribution in [0.1, 0.15) is 29.7 Å². The molecule has 1 N–H and O–H groups in total. The van der Waals surface area contributed by atoms with Gasteiger partial charge in [0.25, 0.3) is 0 Å². The van der Waals surface area contributed by atoms with Gasteiger partial charge >= 0.3 is 0 Å². The van der Waals surface area contributed by atoms with Crippen LogP contribution in [-0.4, -0.2) is 11.5 Å². The molecule has 0 bridgehead atoms. The number of hydrogen-bond acceptors (Lipinski definition) is 2. The standard InChI is InChI=1S/C15H17FN2/c1-3-18-15(12-6-4-11(2)5-7-12)13-8-14(16)10-17-9-13/h4-10,15,18H,3H2,1-2H3. The molecule has 2 rings (SSSR count). The molecule has 1 unspecified atom stereocenters. The molecule has 2 nitrogen and oxygen atoms in total. The number of benzene rings is 1. The lowest BCUT2D eigenvalue weighted by molar-refractivity contribution is 0.596. The highest BCUT2D eigenvalue weighted by atomic mass is 19.1. The Morgan fingerprint density at radius 1 is 1.17 bits per heavy atom. The van der Waals surface area contributed by atoms with Gasteiger partial charge in [0, 0.05) is 6.20 Å². The quantitative estimate of drug-likeness (QED) is 0.893. The summed E-state index contributed by atoms with van der Waals surface area (Å²) in [5.41, 5.74) is 3.18. The average Bonchev–Trinajstić information content (AvgIpc) is 2.37. The van der Waals surface area contributed by atoms with E-state index in [1.54, 1.807) is 6.20 Å². The first-order chi connectivity index (χ1) is 8.70. The molecule has 0 aliphatic heterocycles. The Labute approximate surface area is 107 Å². The first-order valence-corrected chi connectivity index (χ1v) is 6.11. The maximum absolute atomic E-state index is 13.3. The zero-order valence-corrected chi connectivity index (χ0v) is 10.7. The topological polar surface area (TPSA) is 24.9 Å². The molecule has 0 aliphatic rings. The van der Waals surface area contributed by atoms with Crippen LogP contribution in [0.5, 0.6) is 0 Å². The Kier molecular flexibility index (Phi) is 4.05. The maximum atomic E-state index is 13.3. The second-order valence-electron chi connectivity index (χ2n) is 4.34. The molecule has 1 atom stereocenters. The van der Waals surface area contributed by atoms with Crippen molar-refractivity contribution in [3.63, 3.8) is 0 Å². The third-order valence-electron chi connectivity index (χ3n) is 2.88. The van der Waals surface area contributed by atoms with Crippen LogP contribution < -0.4 is 5.32 Å². The zero-order valence-electron chi connectivity index (χ0n) is 10.7. The minimum Gasteiger partial charge on any atom is -0.306 e. The number of halogens is 1. The van der Waals surface area contributed by atoms with E-state index in [-0.39, 0.29) is 11.9 Å². The van der Waals surface area contributed by atoms with Crippen molar-refractivity contribution in [2.24, 2.45) is 0 Å². The molecule has 0 aliphatic carbocycles. The summed E-state index contributed by atoms with van der Waals surface area (Å²) in [6.07, 6.45) is 2.93. The Bertz CT molecular complexity index is 508. The van der Waals surface area contributed by atoms with E-state index in [1.807, 2.05) is 6.92 Å². The van der Waals surface area contributed by atoms with E-state index >= 15 is 0 Å². The van der Waals surface area contributed by atoms with Crippen molar-refractivity contribution in [1.29, 1.82) is 0 Å². The van der Waals surface area contributed by atoms with Crippen molar-refractivity contribution in [3.05, 3.63) is 65.2 Å². The van der Waals surface area contributed by atoms with Gasteiger partial charge in [-0.2, -0.15) is 0 Å². The molecule has 0 amide bonds. The lowest BCUT2D eigenvalue weighted by Crippen LogP contribution is -2.22. The Hall–Kier alpha value is -1.74. The largest absolute Gasteiger partial charge is 0.306 e. The molecule has 2 aromatic rings. The number of aromatic nitrogens is 1. The van der Waals surface area contributed by atoms with Crippen LogP contribution in [0.2, 0.25) is 0 Å². The van der Waals surface area contributed by atoms with Crippen molar-refractivity contribution >= 4 is 0 Å². The second kappa shape index (κ2) is 5.74. The van der Waals surface area contributed by atoms with E-state index < -0.39 is 0 Å². The lowest BCUT2D eigenvalue weighted by Gasteiger charge is -2.18. The maximum Gasteiger partial charge on any atom is 0.141 e. The minimum atomic E-state index is -0.303. The summed E-state index contributed by atoms with van der Waals surface area (Å²) >= 11 is 0. The summed E-state index contributed by atoms with van der Waals surface area (Å²) in [4.78, 5) is 3.92. The summed E-state index contributed by atoms with van der Waals surface area (Å²) < 4.78 is 13.3. The average molecular weight is 244 g/mol. The first kappa shape index (κ1) is 12.7. The van der Waals surface area contributed by atoms with Gasteiger partial charge in [0.15, 0.2) is 0 Å². The molecule has 18 heavy (non-hydrogen) atoms. The lowest BCUT2D eigenvalue weighted by atomic mass is 9.99. The molecular weight excluding hydrogens is 227 g/mol. The van der Waals surface area contributed by atoms with Crippen LogP contribution in [-0.2, 0) is 0 Å². The monoisotopic (exact) mass is 244 g/mol. The van der Waals surface area contributed by atoms with Gasteiger partial charge in [0.1, 0.15) is 5.82 Å². The predicted molar refractivity (Wildman–Crippen MR) is 70.9 cm³/mol. The highest BCUT2D eigenvalue weighted by Gasteiger charge is 2.13. The summed E-state index contributed by atoms with van der Waals surface area (Å²) in [7, 11) is 0. The number of nitrogens with one attached hydrogen (secondary N) is 1. The molecule has 0 radical (unpaired) electrons. The number of hydrogen-bond donors (Lipinski definition) is 1. The molecule has 0 fully saturated rings. The summed E-state index contributed by atoms with van der Waals surface area (Å²) in [6, 6.07) is 9.76.